The Hall–Kier alpha value is -2.89. The lowest BCUT2D eigenvalue weighted by molar-refractivity contribution is -0.140. The molecule has 0 radical (unpaired) electrons. The van der Waals surface area contributed by atoms with Gasteiger partial charge in [-0.3, -0.25) is 9.69 Å². The van der Waals surface area contributed by atoms with Gasteiger partial charge in [-0.1, -0.05) is 30.3 Å². The molecule has 4 rings (SSSR count). The first-order valence-corrected chi connectivity index (χ1v) is 10.6. The minimum Gasteiger partial charge on any atom is -0.487 e. The Morgan fingerprint density at radius 2 is 1.87 bits per heavy atom. The van der Waals surface area contributed by atoms with Crippen LogP contribution in [0.15, 0.2) is 41.4 Å². The number of rotatable bonds is 3. The van der Waals surface area contributed by atoms with Gasteiger partial charge in [0.2, 0.25) is 5.91 Å². The van der Waals surface area contributed by atoms with Crippen molar-refractivity contribution in [3.63, 3.8) is 0 Å². The maximum absolute atomic E-state index is 15.1. The van der Waals surface area contributed by atoms with E-state index in [1.165, 1.54) is 16.5 Å². The van der Waals surface area contributed by atoms with Gasteiger partial charge in [0.25, 0.3) is 0 Å². The first-order valence-electron chi connectivity index (χ1n) is 10.6. The number of halogens is 1. The van der Waals surface area contributed by atoms with E-state index in [0.29, 0.717) is 12.0 Å². The summed E-state index contributed by atoms with van der Waals surface area (Å²) in [6.07, 6.45) is 1.46. The third-order valence-corrected chi connectivity index (χ3v) is 6.86. The van der Waals surface area contributed by atoms with Crippen molar-refractivity contribution in [2.45, 2.75) is 58.6 Å². The fourth-order valence-corrected chi connectivity index (χ4v) is 4.67. The number of nitrogens with zero attached hydrogens (tertiary/aromatic N) is 2. The molecular weight excluding hydrogens is 393 g/mol. The number of carbonyl (C=O) groups excluding carboxylic acids is 1. The van der Waals surface area contributed by atoms with Crippen molar-refractivity contribution < 1.29 is 13.9 Å². The summed E-state index contributed by atoms with van der Waals surface area (Å²) in [4.78, 5) is 18.9. The summed E-state index contributed by atoms with van der Waals surface area (Å²) < 4.78 is 21.3. The zero-order valence-electron chi connectivity index (χ0n) is 19.0. The number of ether oxygens (including phenoxy) is 1. The maximum Gasteiger partial charge on any atom is 0.237 e. The van der Waals surface area contributed by atoms with Gasteiger partial charge in [0.05, 0.1) is 5.41 Å². The average Bonchev–Trinajstić information content (AvgIpc) is 3.01. The van der Waals surface area contributed by atoms with E-state index >= 15 is 4.39 Å². The average molecular weight is 424 g/mol. The number of hydrogen-bond donors (Lipinski definition) is 1. The summed E-state index contributed by atoms with van der Waals surface area (Å²) in [5.41, 5.74) is 7.24. The summed E-state index contributed by atoms with van der Waals surface area (Å²) in [6.45, 7) is 9.50. The van der Waals surface area contributed by atoms with E-state index in [0.717, 1.165) is 23.3 Å². The van der Waals surface area contributed by atoms with Crippen LogP contribution in [0.1, 0.15) is 56.9 Å². The Kier molecular flexibility index (Phi) is 4.69. The molecule has 6 heteroatoms. The topological polar surface area (TPSA) is 67.9 Å². The number of aliphatic imine (C=N–C) groups is 1. The van der Waals surface area contributed by atoms with Crippen LogP contribution < -0.4 is 10.5 Å². The van der Waals surface area contributed by atoms with Crippen molar-refractivity contribution in [2.75, 3.05) is 7.05 Å². The van der Waals surface area contributed by atoms with Crippen LogP contribution in [-0.2, 0) is 23.2 Å². The SMILES string of the molecule is CN1C(=O)C(C)(C)[C@@](C)(c2cc(Cc3cccc4c3OC(C)(C)C4)ccc2F)N=C1N. The Balaban J connectivity index is 1.77. The van der Waals surface area contributed by atoms with Crippen LogP contribution in [0.2, 0.25) is 0 Å². The van der Waals surface area contributed by atoms with E-state index in [1.54, 1.807) is 33.9 Å². The predicted molar refractivity (Wildman–Crippen MR) is 120 cm³/mol. The Bertz CT molecular complexity index is 1110. The summed E-state index contributed by atoms with van der Waals surface area (Å²) in [6, 6.07) is 11.2. The molecule has 2 aliphatic heterocycles. The molecule has 2 heterocycles. The molecule has 5 nitrogen and oxygen atoms in total. The lowest BCUT2D eigenvalue weighted by atomic mass is 9.67. The summed E-state index contributed by atoms with van der Waals surface area (Å²) in [7, 11) is 1.59. The van der Waals surface area contributed by atoms with Crippen molar-refractivity contribution >= 4 is 11.9 Å². The van der Waals surface area contributed by atoms with Gasteiger partial charge in [-0.05, 0) is 57.4 Å². The van der Waals surface area contributed by atoms with Gasteiger partial charge in [0.15, 0.2) is 5.96 Å². The maximum atomic E-state index is 15.1. The van der Waals surface area contributed by atoms with Crippen molar-refractivity contribution in [1.29, 1.82) is 0 Å². The molecule has 0 saturated carbocycles. The first kappa shape index (κ1) is 21.3. The van der Waals surface area contributed by atoms with Crippen LogP contribution in [0.5, 0.6) is 5.75 Å². The highest BCUT2D eigenvalue weighted by Gasteiger charge is 2.53. The first-order chi connectivity index (χ1) is 14.4. The Morgan fingerprint density at radius 1 is 1.16 bits per heavy atom. The molecule has 2 N–H and O–H groups in total. The molecule has 0 bridgehead atoms. The van der Waals surface area contributed by atoms with E-state index in [-0.39, 0.29) is 17.5 Å². The molecule has 0 unspecified atom stereocenters. The molecular formula is C25H30FN3O2. The van der Waals surface area contributed by atoms with Crippen molar-refractivity contribution in [2.24, 2.45) is 16.1 Å². The minimum atomic E-state index is -1.13. The molecule has 0 aromatic heterocycles. The predicted octanol–water partition coefficient (Wildman–Crippen LogP) is 4.16. The van der Waals surface area contributed by atoms with Crippen LogP contribution in [-0.4, -0.2) is 29.4 Å². The van der Waals surface area contributed by atoms with Crippen LogP contribution in [0.4, 0.5) is 4.39 Å². The number of carbonyl (C=O) groups is 1. The van der Waals surface area contributed by atoms with Crippen LogP contribution in [0, 0.1) is 11.2 Å². The van der Waals surface area contributed by atoms with Gasteiger partial charge in [-0.25, -0.2) is 9.38 Å². The number of guanidine groups is 1. The second-order valence-corrected chi connectivity index (χ2v) is 9.97. The van der Waals surface area contributed by atoms with Crippen molar-refractivity contribution in [3.8, 4) is 5.75 Å². The minimum absolute atomic E-state index is 0.0909. The fraction of sp³-hybridized carbons (Fsp3) is 0.440. The van der Waals surface area contributed by atoms with Crippen LogP contribution >= 0.6 is 0 Å². The van der Waals surface area contributed by atoms with E-state index in [9.17, 15) is 4.79 Å². The Labute approximate surface area is 183 Å². The fourth-order valence-electron chi connectivity index (χ4n) is 4.67. The normalized spacial score (nSPS) is 23.9. The van der Waals surface area contributed by atoms with Crippen LogP contribution in [0.25, 0.3) is 0 Å². The second kappa shape index (κ2) is 6.81. The number of hydrogen-bond acceptors (Lipinski definition) is 4. The molecule has 2 aromatic carbocycles. The second-order valence-electron chi connectivity index (χ2n) is 9.97. The lowest BCUT2D eigenvalue weighted by Gasteiger charge is -2.46. The van der Waals surface area contributed by atoms with E-state index < -0.39 is 16.8 Å². The zero-order chi connectivity index (χ0) is 22.8. The van der Waals surface area contributed by atoms with Crippen molar-refractivity contribution in [1.82, 2.24) is 4.90 Å². The molecule has 1 atom stereocenters. The molecule has 0 fully saturated rings. The third-order valence-electron chi connectivity index (χ3n) is 6.86. The summed E-state index contributed by atoms with van der Waals surface area (Å²) in [5.74, 6) is 0.419. The molecule has 2 aromatic rings. The van der Waals surface area contributed by atoms with Crippen molar-refractivity contribution in [3.05, 3.63) is 64.5 Å². The lowest BCUT2D eigenvalue weighted by Crippen LogP contribution is -2.58. The number of fused-ring (bicyclic) bond motifs is 1. The highest BCUT2D eigenvalue weighted by Crippen LogP contribution is 2.47. The molecule has 2 aliphatic rings. The number of amides is 1. The van der Waals surface area contributed by atoms with Gasteiger partial charge < -0.3 is 10.5 Å². The number of nitrogens with two attached hydrogens (primary N) is 1. The van der Waals surface area contributed by atoms with Crippen LogP contribution in [0.3, 0.4) is 0 Å². The van der Waals surface area contributed by atoms with Gasteiger partial charge in [0.1, 0.15) is 22.7 Å². The smallest absolute Gasteiger partial charge is 0.237 e. The monoisotopic (exact) mass is 423 g/mol. The van der Waals surface area contributed by atoms with Gasteiger partial charge >= 0.3 is 0 Å². The molecule has 31 heavy (non-hydrogen) atoms. The van der Waals surface area contributed by atoms with Gasteiger partial charge in [-0.2, -0.15) is 0 Å². The molecule has 0 aliphatic carbocycles. The third kappa shape index (κ3) is 3.29. The van der Waals surface area contributed by atoms with E-state index in [2.05, 4.69) is 24.9 Å². The molecule has 0 saturated heterocycles. The Morgan fingerprint density at radius 3 is 2.58 bits per heavy atom. The molecule has 0 spiro atoms. The highest BCUT2D eigenvalue weighted by atomic mass is 19.1. The highest BCUT2D eigenvalue weighted by molar-refractivity contribution is 6.01. The number of benzene rings is 2. The van der Waals surface area contributed by atoms with Gasteiger partial charge in [-0.15, -0.1) is 0 Å². The largest absolute Gasteiger partial charge is 0.487 e. The van der Waals surface area contributed by atoms with E-state index in [4.69, 9.17) is 10.5 Å². The molecule has 1 amide bonds. The quantitative estimate of drug-likeness (QED) is 0.806. The summed E-state index contributed by atoms with van der Waals surface area (Å²) in [5, 5.41) is 0. The summed E-state index contributed by atoms with van der Waals surface area (Å²) >= 11 is 0. The standard InChI is InChI=1S/C25H30FN3O2/c1-23(2)14-17-9-7-8-16(20(17)31-23)12-15-10-11-19(26)18(13-15)25(5)24(3,4)21(30)29(6)22(27)28-25/h7-11,13H,12,14H2,1-6H3,(H2,27,28)/t25-/m1/s1. The zero-order valence-corrected chi connectivity index (χ0v) is 19.0. The van der Waals surface area contributed by atoms with Gasteiger partial charge in [0, 0.05) is 25.5 Å². The molecule has 164 valence electrons. The van der Waals surface area contributed by atoms with E-state index in [1.807, 2.05) is 18.2 Å². The number of para-hydroxylation sites is 1.